The third kappa shape index (κ3) is 5.35. The third-order valence-corrected chi connectivity index (χ3v) is 6.93. The summed E-state index contributed by atoms with van der Waals surface area (Å²) < 4.78 is 23.0. The van der Waals surface area contributed by atoms with E-state index < -0.39 is 0 Å². The second-order valence-corrected chi connectivity index (χ2v) is 9.73. The number of rotatable bonds is 9. The highest BCUT2D eigenvalue weighted by molar-refractivity contribution is 5.70. The number of aromatic nitrogens is 3. The minimum Gasteiger partial charge on any atom is -0.477 e. The number of hydrogen-bond donors (Lipinski definition) is 0. The highest BCUT2D eigenvalue weighted by Crippen LogP contribution is 2.30. The first-order valence-corrected chi connectivity index (χ1v) is 13.0. The van der Waals surface area contributed by atoms with Gasteiger partial charge in [-0.25, -0.2) is 9.37 Å². The highest BCUT2D eigenvalue weighted by Gasteiger charge is 2.22. The van der Waals surface area contributed by atoms with Crippen molar-refractivity contribution in [2.75, 3.05) is 6.61 Å². The first-order chi connectivity index (χ1) is 18.5. The maximum Gasteiger partial charge on any atom is 0.281 e. The Morgan fingerprint density at radius 1 is 1.13 bits per heavy atom. The van der Waals surface area contributed by atoms with Gasteiger partial charge in [0.2, 0.25) is 5.88 Å². The lowest BCUT2D eigenvalue weighted by molar-refractivity contribution is 0.288. The molecule has 0 N–H and O–H groups in total. The van der Waals surface area contributed by atoms with E-state index in [1.165, 1.54) is 18.9 Å². The summed E-state index contributed by atoms with van der Waals surface area (Å²) in [7, 11) is 0. The Balaban J connectivity index is 1.49. The number of benzene rings is 2. The Hall–Kier alpha value is -4.31. The predicted molar refractivity (Wildman–Crippen MR) is 144 cm³/mol. The van der Waals surface area contributed by atoms with Gasteiger partial charge in [0.1, 0.15) is 11.6 Å². The van der Waals surface area contributed by atoms with Crippen LogP contribution in [0.3, 0.4) is 0 Å². The summed E-state index contributed by atoms with van der Waals surface area (Å²) in [6, 6.07) is 17.9. The number of nitriles is 1. The molecule has 0 atom stereocenters. The maximum absolute atomic E-state index is 15.4. The predicted octanol–water partition coefficient (Wildman–Crippen LogP) is 6.08. The van der Waals surface area contributed by atoms with Crippen molar-refractivity contribution in [2.24, 2.45) is 5.92 Å². The van der Waals surface area contributed by atoms with Gasteiger partial charge in [0.15, 0.2) is 0 Å². The van der Waals surface area contributed by atoms with E-state index >= 15 is 4.39 Å². The van der Waals surface area contributed by atoms with Crippen molar-refractivity contribution < 1.29 is 9.13 Å². The van der Waals surface area contributed by atoms with Crippen LogP contribution in [-0.2, 0) is 13.0 Å². The van der Waals surface area contributed by atoms with Crippen LogP contribution in [0.25, 0.3) is 22.3 Å². The molecule has 5 rings (SSSR count). The molecule has 192 valence electrons. The van der Waals surface area contributed by atoms with Crippen molar-refractivity contribution in [1.29, 1.82) is 5.26 Å². The zero-order valence-corrected chi connectivity index (χ0v) is 21.6. The number of halogens is 1. The third-order valence-electron chi connectivity index (χ3n) is 6.93. The van der Waals surface area contributed by atoms with Crippen LogP contribution in [0, 0.1) is 30.0 Å². The molecule has 0 aliphatic heterocycles. The van der Waals surface area contributed by atoms with Gasteiger partial charge in [-0.15, -0.1) is 0 Å². The first kappa shape index (κ1) is 25.3. The van der Waals surface area contributed by atoms with E-state index in [4.69, 9.17) is 4.74 Å². The average molecular weight is 509 g/mol. The lowest BCUT2D eigenvalue weighted by atomic mass is 9.99. The molecule has 1 fully saturated rings. The zero-order valence-electron chi connectivity index (χ0n) is 21.6. The lowest BCUT2D eigenvalue weighted by Crippen LogP contribution is -2.23. The normalized spacial score (nSPS) is 12.8. The number of aryl methyl sites for hydroxylation is 1. The molecule has 0 bridgehead atoms. The smallest absolute Gasteiger partial charge is 0.281 e. The van der Waals surface area contributed by atoms with Gasteiger partial charge in [-0.05, 0) is 61.4 Å². The number of ether oxygens (including phenoxy) is 1. The standard InChI is InChI=1S/C31H29FN4O2/c1-3-6-28-35-31(37)30(24-13-14-29(34-17-24)38-19-21-9-10-21)20(2)36(28)18-25-12-11-22(15-27(25)32)26-8-5-4-7-23(26)16-33/h4-5,7-8,11-15,17,21H,3,6,9-10,18-19H2,1-2H3. The van der Waals surface area contributed by atoms with Gasteiger partial charge in [0, 0.05) is 35.5 Å². The van der Waals surface area contributed by atoms with Crippen molar-refractivity contribution in [3.63, 3.8) is 0 Å². The van der Waals surface area contributed by atoms with E-state index in [2.05, 4.69) is 16.0 Å². The molecule has 1 aliphatic rings. The lowest BCUT2D eigenvalue weighted by Gasteiger charge is -2.19. The Bertz CT molecular complexity index is 1570. The van der Waals surface area contributed by atoms with Gasteiger partial charge < -0.3 is 9.30 Å². The fourth-order valence-electron chi connectivity index (χ4n) is 4.62. The fraction of sp³-hybridized carbons (Fsp3) is 0.290. The highest BCUT2D eigenvalue weighted by atomic mass is 19.1. The zero-order chi connectivity index (χ0) is 26.6. The van der Waals surface area contributed by atoms with Gasteiger partial charge in [0.05, 0.1) is 30.3 Å². The van der Waals surface area contributed by atoms with Crippen LogP contribution in [0.2, 0.25) is 0 Å². The van der Waals surface area contributed by atoms with Crippen LogP contribution in [0.4, 0.5) is 4.39 Å². The Morgan fingerprint density at radius 3 is 2.61 bits per heavy atom. The average Bonchev–Trinajstić information content (AvgIpc) is 3.76. The van der Waals surface area contributed by atoms with Gasteiger partial charge in [-0.1, -0.05) is 37.3 Å². The van der Waals surface area contributed by atoms with Gasteiger partial charge in [0.25, 0.3) is 5.56 Å². The van der Waals surface area contributed by atoms with Gasteiger partial charge >= 0.3 is 0 Å². The molecule has 1 saturated carbocycles. The minimum absolute atomic E-state index is 0.226. The van der Waals surface area contributed by atoms with Crippen LogP contribution in [0.1, 0.15) is 48.8 Å². The fourth-order valence-corrected chi connectivity index (χ4v) is 4.62. The Labute approximate surface area is 221 Å². The van der Waals surface area contributed by atoms with Crippen LogP contribution < -0.4 is 10.3 Å². The SMILES string of the molecule is CCCc1nc(=O)c(-c2ccc(OCC3CC3)nc2)c(C)n1Cc1ccc(-c2ccccc2C#N)cc1F. The summed E-state index contributed by atoms with van der Waals surface area (Å²) in [5, 5.41) is 9.43. The molecular weight excluding hydrogens is 479 g/mol. The van der Waals surface area contributed by atoms with Crippen LogP contribution in [0.15, 0.2) is 65.6 Å². The van der Waals surface area contributed by atoms with E-state index in [0.29, 0.717) is 69.7 Å². The number of hydrogen-bond acceptors (Lipinski definition) is 5. The Kier molecular flexibility index (Phi) is 7.32. The van der Waals surface area contributed by atoms with Gasteiger partial charge in [-0.3, -0.25) is 4.79 Å². The molecule has 0 spiro atoms. The van der Waals surface area contributed by atoms with Crippen LogP contribution in [0.5, 0.6) is 5.88 Å². The van der Waals surface area contributed by atoms with Crippen molar-refractivity contribution >= 4 is 0 Å². The molecular formula is C31H29FN4O2. The second kappa shape index (κ2) is 11.0. The Morgan fingerprint density at radius 2 is 1.92 bits per heavy atom. The molecule has 0 amide bonds. The van der Waals surface area contributed by atoms with E-state index in [9.17, 15) is 10.1 Å². The molecule has 2 aromatic heterocycles. The summed E-state index contributed by atoms with van der Waals surface area (Å²) >= 11 is 0. The molecule has 38 heavy (non-hydrogen) atoms. The maximum atomic E-state index is 15.4. The van der Waals surface area contributed by atoms with E-state index in [-0.39, 0.29) is 17.9 Å². The van der Waals surface area contributed by atoms with Gasteiger partial charge in [-0.2, -0.15) is 10.2 Å². The van der Waals surface area contributed by atoms with Crippen LogP contribution in [-0.4, -0.2) is 21.1 Å². The molecule has 6 nitrogen and oxygen atoms in total. The van der Waals surface area contributed by atoms with Crippen molar-refractivity contribution in [3.05, 3.63) is 99.6 Å². The van der Waals surface area contributed by atoms with Crippen molar-refractivity contribution in [3.8, 4) is 34.2 Å². The van der Waals surface area contributed by atoms with E-state index in [0.717, 1.165) is 6.42 Å². The topological polar surface area (TPSA) is 80.8 Å². The molecule has 0 radical (unpaired) electrons. The van der Waals surface area contributed by atoms with Crippen molar-refractivity contribution in [1.82, 2.24) is 14.5 Å². The first-order valence-electron chi connectivity index (χ1n) is 13.0. The molecule has 7 heteroatoms. The molecule has 1 aliphatic carbocycles. The van der Waals surface area contributed by atoms with Crippen LogP contribution >= 0.6 is 0 Å². The minimum atomic E-state index is -0.379. The number of nitrogens with zero attached hydrogens (tertiary/aromatic N) is 4. The second-order valence-electron chi connectivity index (χ2n) is 9.73. The largest absolute Gasteiger partial charge is 0.477 e. The summed E-state index contributed by atoms with van der Waals surface area (Å²) in [4.78, 5) is 21.9. The number of pyridine rings is 1. The quantitative estimate of drug-likeness (QED) is 0.274. The monoisotopic (exact) mass is 508 g/mol. The molecule has 2 aromatic carbocycles. The molecule has 0 saturated heterocycles. The summed E-state index contributed by atoms with van der Waals surface area (Å²) in [5.41, 5.74) is 3.79. The molecule has 2 heterocycles. The summed E-state index contributed by atoms with van der Waals surface area (Å²) in [5.74, 6) is 1.40. The van der Waals surface area contributed by atoms with Crippen molar-refractivity contribution in [2.45, 2.75) is 46.1 Å². The van der Waals surface area contributed by atoms with E-state index in [1.807, 2.05) is 42.7 Å². The summed E-state index contributed by atoms with van der Waals surface area (Å²) in [6.07, 6.45) is 5.43. The molecule has 0 unspecified atom stereocenters. The van der Waals surface area contributed by atoms with E-state index in [1.54, 1.807) is 30.5 Å². The summed E-state index contributed by atoms with van der Waals surface area (Å²) in [6.45, 7) is 4.78. The molecule has 4 aromatic rings.